The summed E-state index contributed by atoms with van der Waals surface area (Å²) < 4.78 is 14.5. The fourth-order valence-electron chi connectivity index (χ4n) is 1.72. The topological polar surface area (TPSA) is 49.5 Å². The van der Waals surface area contributed by atoms with E-state index >= 15 is 0 Å². The van der Waals surface area contributed by atoms with Crippen LogP contribution in [0.25, 0.3) is 0 Å². The third kappa shape index (κ3) is 3.40. The Hall–Kier alpha value is -0.650. The van der Waals surface area contributed by atoms with Gasteiger partial charge in [-0.1, -0.05) is 13.0 Å². The Morgan fingerprint density at radius 1 is 1.41 bits per heavy atom. The summed E-state index contributed by atoms with van der Waals surface area (Å²) in [5, 5.41) is 8.99. The van der Waals surface area contributed by atoms with Gasteiger partial charge in [0.15, 0.2) is 5.82 Å². The van der Waals surface area contributed by atoms with Crippen LogP contribution in [0.5, 0.6) is 0 Å². The molecule has 5 heteroatoms. The van der Waals surface area contributed by atoms with Crippen molar-refractivity contribution in [3.63, 3.8) is 0 Å². The van der Waals surface area contributed by atoms with Crippen LogP contribution in [0.4, 0.5) is 10.1 Å². The molecule has 3 N–H and O–H groups in total. The lowest BCUT2D eigenvalue weighted by Gasteiger charge is -2.24. The van der Waals surface area contributed by atoms with Crippen molar-refractivity contribution in [1.29, 1.82) is 0 Å². The van der Waals surface area contributed by atoms with Gasteiger partial charge in [0.1, 0.15) is 0 Å². The van der Waals surface area contributed by atoms with Crippen molar-refractivity contribution in [2.24, 2.45) is 5.73 Å². The summed E-state index contributed by atoms with van der Waals surface area (Å²) >= 11 is 3.22. The van der Waals surface area contributed by atoms with Gasteiger partial charge in [0, 0.05) is 19.6 Å². The summed E-state index contributed by atoms with van der Waals surface area (Å²) in [7, 11) is 0. The molecule has 0 amide bonds. The second-order valence-corrected chi connectivity index (χ2v) is 4.58. The highest BCUT2D eigenvalue weighted by Gasteiger charge is 2.15. The maximum absolute atomic E-state index is 14.1. The molecule has 96 valence electrons. The summed E-state index contributed by atoms with van der Waals surface area (Å²) in [6.07, 6.45) is 0.899. The van der Waals surface area contributed by atoms with Crippen molar-refractivity contribution in [3.05, 3.63) is 28.0 Å². The standard InChI is InChI=1S/C12H18BrFN2O/c1-2-5-16(6-7-17)10-4-3-9(8-15)11(13)12(10)14/h3-4,17H,2,5-8,15H2,1H3. The molecule has 17 heavy (non-hydrogen) atoms. The zero-order chi connectivity index (χ0) is 12.8. The Kier molecular flexibility index (Phi) is 5.88. The van der Waals surface area contributed by atoms with E-state index in [1.165, 1.54) is 0 Å². The van der Waals surface area contributed by atoms with Crippen LogP contribution in [-0.2, 0) is 6.54 Å². The van der Waals surface area contributed by atoms with E-state index in [0.717, 1.165) is 12.0 Å². The van der Waals surface area contributed by atoms with E-state index in [-0.39, 0.29) is 12.4 Å². The SMILES string of the molecule is CCCN(CCO)c1ccc(CN)c(Br)c1F. The van der Waals surface area contributed by atoms with Crippen LogP contribution in [0.2, 0.25) is 0 Å². The van der Waals surface area contributed by atoms with Crippen molar-refractivity contribution in [1.82, 2.24) is 0 Å². The molecule has 0 heterocycles. The minimum Gasteiger partial charge on any atom is -0.395 e. The number of nitrogens with two attached hydrogens (primary N) is 1. The number of halogens is 2. The van der Waals surface area contributed by atoms with E-state index < -0.39 is 0 Å². The van der Waals surface area contributed by atoms with Crippen LogP contribution in [-0.4, -0.2) is 24.8 Å². The molecular weight excluding hydrogens is 287 g/mol. The molecule has 0 unspecified atom stereocenters. The van der Waals surface area contributed by atoms with E-state index in [9.17, 15) is 4.39 Å². The number of aliphatic hydroxyl groups excluding tert-OH is 1. The monoisotopic (exact) mass is 304 g/mol. The number of rotatable bonds is 6. The first-order valence-corrected chi connectivity index (χ1v) is 6.47. The molecular formula is C12H18BrFN2O. The number of aliphatic hydroxyl groups is 1. The van der Waals surface area contributed by atoms with Gasteiger partial charge in [0.05, 0.1) is 16.8 Å². The van der Waals surface area contributed by atoms with Gasteiger partial charge in [-0.25, -0.2) is 4.39 Å². The predicted molar refractivity (Wildman–Crippen MR) is 71.6 cm³/mol. The Morgan fingerprint density at radius 3 is 2.65 bits per heavy atom. The van der Waals surface area contributed by atoms with Gasteiger partial charge in [-0.15, -0.1) is 0 Å². The van der Waals surface area contributed by atoms with Crippen LogP contribution >= 0.6 is 15.9 Å². The molecule has 0 bridgehead atoms. The normalized spacial score (nSPS) is 10.6. The largest absolute Gasteiger partial charge is 0.395 e. The van der Waals surface area contributed by atoms with Crippen molar-refractivity contribution in [2.75, 3.05) is 24.6 Å². The van der Waals surface area contributed by atoms with Crippen molar-refractivity contribution < 1.29 is 9.50 Å². The third-order valence-electron chi connectivity index (χ3n) is 2.57. The summed E-state index contributed by atoms with van der Waals surface area (Å²) in [6.45, 7) is 3.47. The lowest BCUT2D eigenvalue weighted by atomic mass is 10.1. The van der Waals surface area contributed by atoms with Gasteiger partial charge in [-0.2, -0.15) is 0 Å². The Balaban J connectivity index is 3.07. The van der Waals surface area contributed by atoms with Crippen LogP contribution in [0, 0.1) is 5.82 Å². The molecule has 0 aliphatic heterocycles. The van der Waals surface area contributed by atoms with Gasteiger partial charge < -0.3 is 15.7 Å². The molecule has 1 aromatic rings. The minimum atomic E-state index is -0.310. The maximum Gasteiger partial charge on any atom is 0.160 e. The second kappa shape index (κ2) is 6.93. The zero-order valence-electron chi connectivity index (χ0n) is 9.92. The molecule has 0 fully saturated rings. The van der Waals surface area contributed by atoms with Crippen LogP contribution in [0.15, 0.2) is 16.6 Å². The van der Waals surface area contributed by atoms with E-state index in [1.54, 1.807) is 6.07 Å². The molecule has 0 aliphatic rings. The fraction of sp³-hybridized carbons (Fsp3) is 0.500. The number of hydrogen-bond acceptors (Lipinski definition) is 3. The Morgan fingerprint density at radius 2 is 2.12 bits per heavy atom. The molecule has 1 rings (SSSR count). The molecule has 0 radical (unpaired) electrons. The van der Waals surface area contributed by atoms with Gasteiger partial charge in [-0.3, -0.25) is 0 Å². The average molecular weight is 305 g/mol. The lowest BCUT2D eigenvalue weighted by molar-refractivity contribution is 0.301. The summed E-state index contributed by atoms with van der Waals surface area (Å²) in [6, 6.07) is 3.52. The van der Waals surface area contributed by atoms with Gasteiger partial charge in [-0.05, 0) is 34.0 Å². The van der Waals surface area contributed by atoms with E-state index in [0.29, 0.717) is 29.8 Å². The highest BCUT2D eigenvalue weighted by molar-refractivity contribution is 9.10. The highest BCUT2D eigenvalue weighted by Crippen LogP contribution is 2.29. The minimum absolute atomic E-state index is 0.00962. The first kappa shape index (κ1) is 14.4. The van der Waals surface area contributed by atoms with Gasteiger partial charge >= 0.3 is 0 Å². The number of anilines is 1. The number of nitrogens with zero attached hydrogens (tertiary/aromatic N) is 1. The molecule has 1 aromatic carbocycles. The predicted octanol–water partition coefficient (Wildman–Crippen LogP) is 2.26. The highest BCUT2D eigenvalue weighted by atomic mass is 79.9. The van der Waals surface area contributed by atoms with Gasteiger partial charge in [0.2, 0.25) is 0 Å². The fourth-order valence-corrected chi connectivity index (χ4v) is 2.22. The number of benzene rings is 1. The summed E-state index contributed by atoms with van der Waals surface area (Å²) in [5.74, 6) is -0.310. The zero-order valence-corrected chi connectivity index (χ0v) is 11.5. The molecule has 0 atom stereocenters. The van der Waals surface area contributed by atoms with Crippen LogP contribution in [0.1, 0.15) is 18.9 Å². The third-order valence-corrected chi connectivity index (χ3v) is 3.42. The Labute approximate surface area is 110 Å². The lowest BCUT2D eigenvalue weighted by Crippen LogP contribution is -2.28. The summed E-state index contributed by atoms with van der Waals surface area (Å²) in [4.78, 5) is 1.83. The Bertz CT molecular complexity index is 368. The van der Waals surface area contributed by atoms with E-state index in [2.05, 4.69) is 15.9 Å². The molecule has 0 saturated heterocycles. The van der Waals surface area contributed by atoms with Crippen LogP contribution in [0.3, 0.4) is 0 Å². The molecule has 0 aromatic heterocycles. The average Bonchev–Trinajstić information content (AvgIpc) is 2.32. The molecule has 0 spiro atoms. The molecule has 3 nitrogen and oxygen atoms in total. The van der Waals surface area contributed by atoms with Gasteiger partial charge in [0.25, 0.3) is 0 Å². The van der Waals surface area contributed by atoms with E-state index in [4.69, 9.17) is 10.8 Å². The quantitative estimate of drug-likeness (QED) is 0.847. The van der Waals surface area contributed by atoms with Crippen molar-refractivity contribution in [2.45, 2.75) is 19.9 Å². The molecule has 0 saturated carbocycles. The van der Waals surface area contributed by atoms with Crippen LogP contribution < -0.4 is 10.6 Å². The summed E-state index contributed by atoms with van der Waals surface area (Å²) in [5.41, 5.74) is 6.76. The number of hydrogen-bond donors (Lipinski definition) is 2. The van der Waals surface area contributed by atoms with Crippen molar-refractivity contribution >= 4 is 21.6 Å². The van der Waals surface area contributed by atoms with Crippen molar-refractivity contribution in [3.8, 4) is 0 Å². The first-order valence-electron chi connectivity index (χ1n) is 5.68. The first-order chi connectivity index (χ1) is 8.15. The van der Waals surface area contributed by atoms with E-state index in [1.807, 2.05) is 17.9 Å². The second-order valence-electron chi connectivity index (χ2n) is 3.79. The smallest absolute Gasteiger partial charge is 0.160 e. The maximum atomic E-state index is 14.1. The molecule has 0 aliphatic carbocycles.